The number of hydrogen-bond donors (Lipinski definition) is 1. The van der Waals surface area contributed by atoms with Crippen LogP contribution in [0.3, 0.4) is 0 Å². The summed E-state index contributed by atoms with van der Waals surface area (Å²) < 4.78 is 2.18. The molecule has 1 N–H and O–H groups in total. The summed E-state index contributed by atoms with van der Waals surface area (Å²) in [7, 11) is 0. The van der Waals surface area contributed by atoms with Crippen LogP contribution in [0.4, 0.5) is 11.4 Å². The number of benzene rings is 2. The van der Waals surface area contributed by atoms with E-state index in [-0.39, 0.29) is 11.4 Å². The van der Waals surface area contributed by atoms with Crippen LogP contribution in [0.2, 0.25) is 10.0 Å². The standard InChI is InChI=1S/C33H31Cl2N4O/c1-7-38-26-11-9-20(34)13-24(26)32(3,4)28(38)15-22-30(19(17-36)18-37)23(31(22)40)16-29-33(5,6)25-14-21(35)10-12-27(25)39(29)8-2/h9-16,36H,7-8H2,1-6H3/q+1. The summed E-state index contributed by atoms with van der Waals surface area (Å²) in [5, 5.41) is 19.1. The lowest BCUT2D eigenvalue weighted by Crippen LogP contribution is -2.32. The molecule has 0 spiro atoms. The van der Waals surface area contributed by atoms with Gasteiger partial charge in [-0.3, -0.25) is 10.2 Å². The smallest absolute Gasteiger partial charge is 0.209 e. The number of nitriles is 1. The van der Waals surface area contributed by atoms with E-state index in [0.717, 1.165) is 33.9 Å². The van der Waals surface area contributed by atoms with E-state index in [4.69, 9.17) is 28.6 Å². The maximum Gasteiger partial charge on any atom is 0.209 e. The maximum atomic E-state index is 13.9. The number of hydrogen-bond acceptors (Lipinski definition) is 4. The number of halogens is 2. The lowest BCUT2D eigenvalue weighted by molar-refractivity contribution is -0.433. The first-order valence-electron chi connectivity index (χ1n) is 13.4. The molecule has 2 heterocycles. The first-order chi connectivity index (χ1) is 18.9. The van der Waals surface area contributed by atoms with Gasteiger partial charge in [-0.15, -0.1) is 0 Å². The fourth-order valence-corrected chi connectivity index (χ4v) is 6.66. The highest BCUT2D eigenvalue weighted by atomic mass is 35.5. The molecule has 0 fully saturated rings. The summed E-state index contributed by atoms with van der Waals surface area (Å²) in [5.74, 6) is 2.13. The van der Waals surface area contributed by atoms with Gasteiger partial charge < -0.3 is 4.90 Å². The quantitative estimate of drug-likeness (QED) is 0.174. The zero-order chi connectivity index (χ0) is 29.1. The van der Waals surface area contributed by atoms with E-state index in [0.29, 0.717) is 39.9 Å². The molecule has 2 aromatic rings. The zero-order valence-electron chi connectivity index (χ0n) is 23.5. The first-order valence-corrected chi connectivity index (χ1v) is 14.1. The Hall–Kier alpha value is -3.68. The molecule has 5 rings (SSSR count). The third kappa shape index (κ3) is 3.94. The Balaban J connectivity index is 1.71. The highest BCUT2D eigenvalue weighted by Crippen LogP contribution is 2.50. The molecule has 0 aromatic heterocycles. The largest absolute Gasteiger partial charge is 0.344 e. The lowest BCUT2D eigenvalue weighted by atomic mass is 9.73. The van der Waals surface area contributed by atoms with Crippen molar-refractivity contribution in [1.82, 2.24) is 0 Å². The molecule has 2 aromatic carbocycles. The van der Waals surface area contributed by atoms with Gasteiger partial charge in [-0.25, -0.2) is 0 Å². The van der Waals surface area contributed by atoms with Gasteiger partial charge in [-0.05, 0) is 75.5 Å². The molecule has 40 heavy (non-hydrogen) atoms. The molecular weight excluding hydrogens is 539 g/mol. The van der Waals surface area contributed by atoms with Crippen molar-refractivity contribution in [1.29, 1.82) is 10.7 Å². The number of likely N-dealkylation sites (N-methyl/N-ethyl adjacent to an activating group) is 1. The molecule has 0 saturated carbocycles. The molecule has 202 valence electrons. The average Bonchev–Trinajstić information content (AvgIpc) is 3.26. The fourth-order valence-electron chi connectivity index (χ4n) is 6.32. The van der Waals surface area contributed by atoms with Crippen molar-refractivity contribution in [2.75, 3.05) is 18.0 Å². The molecule has 0 bridgehead atoms. The van der Waals surface area contributed by atoms with Gasteiger partial charge in [0.15, 0.2) is 11.5 Å². The Morgan fingerprint density at radius 3 is 2.27 bits per heavy atom. The second kappa shape index (κ2) is 9.75. The van der Waals surface area contributed by atoms with Crippen LogP contribution < -0.4 is 4.90 Å². The van der Waals surface area contributed by atoms with E-state index >= 15 is 0 Å². The fraction of sp³-hybridized carbons (Fsp3) is 0.303. The van der Waals surface area contributed by atoms with Gasteiger partial charge in [0.05, 0.1) is 5.41 Å². The number of allylic oxidation sites excluding steroid dienone is 7. The number of ketones is 1. The molecule has 1 aliphatic carbocycles. The van der Waals surface area contributed by atoms with Crippen LogP contribution in [0.1, 0.15) is 52.7 Å². The Morgan fingerprint density at radius 2 is 1.68 bits per heavy atom. The summed E-state index contributed by atoms with van der Waals surface area (Å²) in [6, 6.07) is 13.8. The zero-order valence-corrected chi connectivity index (χ0v) is 25.1. The number of carbonyl (C=O) groups excluding carboxylic acids is 1. The minimum absolute atomic E-state index is 0.0390. The lowest BCUT2D eigenvalue weighted by Gasteiger charge is -2.30. The van der Waals surface area contributed by atoms with E-state index in [2.05, 4.69) is 63.0 Å². The minimum Gasteiger partial charge on any atom is -0.344 e. The van der Waals surface area contributed by atoms with Crippen LogP contribution in [0.25, 0.3) is 0 Å². The maximum absolute atomic E-state index is 13.9. The van der Waals surface area contributed by atoms with Crippen LogP contribution in [0.15, 0.2) is 76.5 Å². The van der Waals surface area contributed by atoms with Gasteiger partial charge >= 0.3 is 0 Å². The van der Waals surface area contributed by atoms with Crippen molar-refractivity contribution in [3.8, 4) is 6.07 Å². The summed E-state index contributed by atoms with van der Waals surface area (Å²) in [5.41, 5.74) is 6.66. The number of carbonyl (C=O) groups is 1. The van der Waals surface area contributed by atoms with Crippen molar-refractivity contribution in [2.45, 2.75) is 52.4 Å². The highest BCUT2D eigenvalue weighted by molar-refractivity contribution is 6.31. The number of rotatable bonds is 5. The summed E-state index contributed by atoms with van der Waals surface area (Å²) >= 11 is 12.7. The first kappa shape index (κ1) is 27.9. The van der Waals surface area contributed by atoms with E-state index in [1.54, 1.807) is 0 Å². The summed E-state index contributed by atoms with van der Waals surface area (Å²) in [6.07, 6.45) is 3.77. The van der Waals surface area contributed by atoms with Gasteiger partial charge in [0, 0.05) is 67.8 Å². The Labute approximate surface area is 245 Å². The second-order valence-corrected chi connectivity index (χ2v) is 12.1. The Bertz CT molecular complexity index is 1720. The van der Waals surface area contributed by atoms with Crippen LogP contribution in [0, 0.1) is 16.7 Å². The monoisotopic (exact) mass is 569 g/mol. The molecule has 0 unspecified atom stereocenters. The third-order valence-electron chi connectivity index (χ3n) is 8.42. The SMILES string of the molecule is CCN1/C(=C\C2=C(C(=C=N)C#N)C(=C/C3=[N+](CC)c4ccc(Cl)cc4C3(C)C)/C2=O)C(C)(C)c2cc(Cl)ccc21. The van der Waals surface area contributed by atoms with Crippen molar-refractivity contribution in [3.63, 3.8) is 0 Å². The van der Waals surface area contributed by atoms with Crippen LogP contribution in [-0.2, 0) is 15.6 Å². The van der Waals surface area contributed by atoms with E-state index in [1.165, 1.54) is 0 Å². The Kier molecular flexibility index (Phi) is 6.79. The van der Waals surface area contributed by atoms with Gasteiger partial charge in [0.25, 0.3) is 0 Å². The predicted molar refractivity (Wildman–Crippen MR) is 162 cm³/mol. The van der Waals surface area contributed by atoms with Crippen molar-refractivity contribution in [2.24, 2.45) is 0 Å². The second-order valence-electron chi connectivity index (χ2n) is 11.3. The summed E-state index contributed by atoms with van der Waals surface area (Å²) in [6.45, 7) is 14.0. The molecule has 3 aliphatic rings. The summed E-state index contributed by atoms with van der Waals surface area (Å²) in [4.78, 5) is 16.1. The van der Waals surface area contributed by atoms with Gasteiger partial charge in [-0.2, -0.15) is 9.84 Å². The molecule has 2 aliphatic heterocycles. The Morgan fingerprint density at radius 1 is 1.02 bits per heavy atom. The normalized spacial score (nSPS) is 20.5. The van der Waals surface area contributed by atoms with Crippen molar-refractivity contribution in [3.05, 3.63) is 97.7 Å². The average molecular weight is 571 g/mol. The number of nitrogens with one attached hydrogen (secondary N) is 1. The van der Waals surface area contributed by atoms with Crippen molar-refractivity contribution >= 4 is 51.9 Å². The molecule has 7 heteroatoms. The number of fused-ring (bicyclic) bond motifs is 2. The van der Waals surface area contributed by atoms with Crippen LogP contribution in [0.5, 0.6) is 0 Å². The highest BCUT2D eigenvalue weighted by Gasteiger charge is 2.47. The van der Waals surface area contributed by atoms with E-state index < -0.39 is 10.8 Å². The molecule has 0 atom stereocenters. The topological polar surface area (TPSA) is 71.0 Å². The molecule has 0 amide bonds. The molecule has 5 nitrogen and oxygen atoms in total. The van der Waals surface area contributed by atoms with Gasteiger partial charge in [0.1, 0.15) is 18.2 Å². The number of Topliss-reactive ketones (excluding diaryl/α,β-unsaturated/α-hetero) is 1. The third-order valence-corrected chi connectivity index (χ3v) is 8.89. The predicted octanol–water partition coefficient (Wildman–Crippen LogP) is 7.60. The van der Waals surface area contributed by atoms with Gasteiger partial charge in [-0.1, -0.05) is 37.0 Å². The molecule has 0 radical (unpaired) electrons. The minimum atomic E-state index is -0.419. The van der Waals surface area contributed by atoms with E-state index in [9.17, 15) is 10.1 Å². The number of nitrogens with zero attached hydrogens (tertiary/aromatic N) is 3. The van der Waals surface area contributed by atoms with E-state index in [1.807, 2.05) is 48.6 Å². The van der Waals surface area contributed by atoms with Crippen LogP contribution in [-0.4, -0.2) is 35.0 Å². The van der Waals surface area contributed by atoms with Crippen LogP contribution >= 0.6 is 23.2 Å². The van der Waals surface area contributed by atoms with Gasteiger partial charge in [0.2, 0.25) is 5.69 Å². The number of anilines is 1. The molecule has 0 saturated heterocycles. The van der Waals surface area contributed by atoms with Crippen molar-refractivity contribution < 1.29 is 9.37 Å². The molecular formula is C33H31Cl2N4O+.